The van der Waals surface area contributed by atoms with Crippen LogP contribution in [-0.2, 0) is 6.54 Å². The van der Waals surface area contributed by atoms with Gasteiger partial charge in [-0.15, -0.1) is 5.10 Å². The second kappa shape index (κ2) is 7.25. The van der Waals surface area contributed by atoms with Crippen LogP contribution in [0.2, 0.25) is 0 Å². The van der Waals surface area contributed by atoms with Crippen molar-refractivity contribution in [3.05, 3.63) is 30.3 Å². The van der Waals surface area contributed by atoms with E-state index in [-0.39, 0.29) is 0 Å². The number of para-hydroxylation sites is 1. The van der Waals surface area contributed by atoms with Crippen molar-refractivity contribution in [3.8, 4) is 0 Å². The zero-order chi connectivity index (χ0) is 17.9. The second-order valence-electron chi connectivity index (χ2n) is 6.72. The Morgan fingerprint density at radius 1 is 1.12 bits per heavy atom. The van der Waals surface area contributed by atoms with Crippen LogP contribution in [0.4, 0.5) is 17.5 Å². The monoisotopic (exact) mass is 352 g/mol. The Bertz CT molecular complexity index is 868. The highest BCUT2D eigenvalue weighted by molar-refractivity contribution is 5.85. The van der Waals surface area contributed by atoms with E-state index in [0.717, 1.165) is 37.0 Å². The smallest absolute Gasteiger partial charge is 0.227 e. The van der Waals surface area contributed by atoms with Crippen LogP contribution in [0, 0.1) is 0 Å². The number of nitrogens with one attached hydrogen (secondary N) is 2. The molecule has 0 bridgehead atoms. The van der Waals surface area contributed by atoms with Crippen LogP contribution in [0.5, 0.6) is 0 Å². The summed E-state index contributed by atoms with van der Waals surface area (Å²) in [5.41, 5.74) is 8.37. The van der Waals surface area contributed by atoms with Crippen molar-refractivity contribution in [2.75, 3.05) is 10.6 Å². The molecule has 26 heavy (non-hydrogen) atoms. The number of rotatable bonds is 5. The molecule has 0 aliphatic heterocycles. The van der Waals surface area contributed by atoms with Gasteiger partial charge < -0.3 is 16.4 Å². The molecule has 2 aromatic heterocycles. The van der Waals surface area contributed by atoms with Crippen molar-refractivity contribution in [2.45, 2.75) is 51.2 Å². The predicted molar refractivity (Wildman–Crippen MR) is 102 cm³/mol. The highest BCUT2D eigenvalue weighted by Crippen LogP contribution is 2.25. The summed E-state index contributed by atoms with van der Waals surface area (Å²) in [5.74, 6) is 1.27. The topological polar surface area (TPSA) is 107 Å². The molecule has 1 aromatic carbocycles. The van der Waals surface area contributed by atoms with Crippen LogP contribution in [-0.4, -0.2) is 37.0 Å². The summed E-state index contributed by atoms with van der Waals surface area (Å²) >= 11 is 0. The predicted octanol–water partition coefficient (Wildman–Crippen LogP) is 2.67. The van der Waals surface area contributed by atoms with Gasteiger partial charge >= 0.3 is 0 Å². The molecule has 136 valence electrons. The summed E-state index contributed by atoms with van der Waals surface area (Å²) in [6.07, 6.45) is 4.14. The van der Waals surface area contributed by atoms with Gasteiger partial charge in [0.2, 0.25) is 5.95 Å². The molecule has 8 nitrogen and oxygen atoms in total. The molecule has 0 radical (unpaired) electrons. The average molecular weight is 352 g/mol. The Balaban J connectivity index is 1.66. The molecule has 8 heteroatoms. The number of nitrogens with two attached hydrogens (primary N) is 1. The molecule has 3 aromatic rings. The molecule has 4 rings (SSSR count). The highest BCUT2D eigenvalue weighted by Gasteiger charge is 2.21. The van der Waals surface area contributed by atoms with Gasteiger partial charge in [0.05, 0.1) is 0 Å². The zero-order valence-corrected chi connectivity index (χ0v) is 14.9. The molecule has 4 N–H and O–H groups in total. The van der Waals surface area contributed by atoms with Crippen LogP contribution in [0.15, 0.2) is 30.3 Å². The maximum absolute atomic E-state index is 6.01. The number of hydrogen-bond donors (Lipinski definition) is 3. The second-order valence-corrected chi connectivity index (χ2v) is 6.72. The van der Waals surface area contributed by atoms with Crippen LogP contribution >= 0.6 is 0 Å². The first-order valence-electron chi connectivity index (χ1n) is 9.18. The Hall–Kier alpha value is -2.74. The van der Waals surface area contributed by atoms with Crippen molar-refractivity contribution >= 4 is 28.6 Å². The number of nitrogens with zero attached hydrogens (tertiary/aromatic N) is 5. The standard InChI is InChI=1S/C18H24N8/c1-2-26-17-15(24-25-26)16(20-13-6-4-3-5-7-13)22-18(23-17)21-14-10-8-12(19)9-11-14/h3-7,12,14H,2,8-11,19H2,1H3,(H2,20,21,22,23). The molecule has 0 amide bonds. The quantitative estimate of drug-likeness (QED) is 0.648. The van der Waals surface area contributed by atoms with Gasteiger partial charge in [-0.05, 0) is 44.7 Å². The SMILES string of the molecule is CCn1nnc2c(Nc3ccccc3)nc(NC3CCC(N)CC3)nc21. The van der Waals surface area contributed by atoms with Gasteiger partial charge in [0, 0.05) is 24.3 Å². The molecule has 0 atom stereocenters. The summed E-state index contributed by atoms with van der Waals surface area (Å²) in [4.78, 5) is 9.34. The van der Waals surface area contributed by atoms with Crippen LogP contribution in [0.1, 0.15) is 32.6 Å². The van der Waals surface area contributed by atoms with E-state index in [1.54, 1.807) is 4.68 Å². The summed E-state index contributed by atoms with van der Waals surface area (Å²) in [6, 6.07) is 10.6. The lowest BCUT2D eigenvalue weighted by molar-refractivity contribution is 0.410. The van der Waals surface area contributed by atoms with E-state index in [1.807, 2.05) is 37.3 Å². The van der Waals surface area contributed by atoms with Crippen LogP contribution < -0.4 is 16.4 Å². The van der Waals surface area contributed by atoms with Gasteiger partial charge in [0.25, 0.3) is 0 Å². The van der Waals surface area contributed by atoms with Gasteiger partial charge in [-0.3, -0.25) is 0 Å². The molecule has 0 unspecified atom stereocenters. The van der Waals surface area contributed by atoms with E-state index in [2.05, 4.69) is 30.9 Å². The lowest BCUT2D eigenvalue weighted by atomic mass is 9.92. The Morgan fingerprint density at radius 2 is 1.88 bits per heavy atom. The highest BCUT2D eigenvalue weighted by atomic mass is 15.4. The van der Waals surface area contributed by atoms with Crippen molar-refractivity contribution < 1.29 is 0 Å². The molecule has 0 spiro atoms. The minimum Gasteiger partial charge on any atom is -0.351 e. The molecule has 1 saturated carbocycles. The van der Waals surface area contributed by atoms with E-state index in [1.165, 1.54) is 0 Å². The number of benzene rings is 1. The molecule has 1 aliphatic carbocycles. The van der Waals surface area contributed by atoms with Gasteiger partial charge in [-0.2, -0.15) is 9.97 Å². The molecule has 1 aliphatic rings. The number of anilines is 3. The summed E-state index contributed by atoms with van der Waals surface area (Å²) < 4.78 is 1.79. The van der Waals surface area contributed by atoms with Crippen molar-refractivity contribution in [1.82, 2.24) is 25.0 Å². The van der Waals surface area contributed by atoms with E-state index < -0.39 is 0 Å². The van der Waals surface area contributed by atoms with Gasteiger partial charge in [-0.25, -0.2) is 4.68 Å². The average Bonchev–Trinajstić information content (AvgIpc) is 3.08. The third-order valence-electron chi connectivity index (χ3n) is 4.80. The fourth-order valence-corrected chi connectivity index (χ4v) is 3.33. The van der Waals surface area contributed by atoms with E-state index in [0.29, 0.717) is 35.9 Å². The minimum absolute atomic E-state index is 0.317. The minimum atomic E-state index is 0.317. The first-order chi connectivity index (χ1) is 12.7. The summed E-state index contributed by atoms with van der Waals surface area (Å²) in [6.45, 7) is 2.73. The van der Waals surface area contributed by atoms with E-state index in [9.17, 15) is 0 Å². The summed E-state index contributed by atoms with van der Waals surface area (Å²) in [7, 11) is 0. The number of fused-ring (bicyclic) bond motifs is 1. The number of aromatic nitrogens is 5. The zero-order valence-electron chi connectivity index (χ0n) is 14.9. The Labute approximate surface area is 152 Å². The Kier molecular flexibility index (Phi) is 4.66. The van der Waals surface area contributed by atoms with Crippen LogP contribution in [0.3, 0.4) is 0 Å². The van der Waals surface area contributed by atoms with Crippen molar-refractivity contribution in [2.24, 2.45) is 5.73 Å². The lowest BCUT2D eigenvalue weighted by Crippen LogP contribution is -2.33. The van der Waals surface area contributed by atoms with E-state index in [4.69, 9.17) is 5.73 Å². The third-order valence-corrected chi connectivity index (χ3v) is 4.80. The Morgan fingerprint density at radius 3 is 2.62 bits per heavy atom. The number of aryl methyl sites for hydroxylation is 1. The number of hydrogen-bond acceptors (Lipinski definition) is 7. The molecular formula is C18H24N8. The van der Waals surface area contributed by atoms with Gasteiger partial charge in [-0.1, -0.05) is 23.4 Å². The maximum Gasteiger partial charge on any atom is 0.227 e. The van der Waals surface area contributed by atoms with E-state index >= 15 is 0 Å². The first-order valence-corrected chi connectivity index (χ1v) is 9.18. The van der Waals surface area contributed by atoms with Gasteiger partial charge in [0.1, 0.15) is 0 Å². The van der Waals surface area contributed by atoms with Crippen molar-refractivity contribution in [3.63, 3.8) is 0 Å². The molecular weight excluding hydrogens is 328 g/mol. The fourth-order valence-electron chi connectivity index (χ4n) is 3.33. The first kappa shape index (κ1) is 16.7. The lowest BCUT2D eigenvalue weighted by Gasteiger charge is -2.26. The van der Waals surface area contributed by atoms with Crippen LogP contribution in [0.25, 0.3) is 11.2 Å². The summed E-state index contributed by atoms with van der Waals surface area (Å²) in [5, 5.41) is 15.3. The third kappa shape index (κ3) is 3.45. The molecule has 0 saturated heterocycles. The maximum atomic E-state index is 6.01. The fraction of sp³-hybridized carbons (Fsp3) is 0.444. The van der Waals surface area contributed by atoms with Crippen molar-refractivity contribution in [1.29, 1.82) is 0 Å². The largest absolute Gasteiger partial charge is 0.351 e. The van der Waals surface area contributed by atoms with Gasteiger partial charge in [0.15, 0.2) is 17.0 Å². The normalized spacial score (nSPS) is 20.2. The molecule has 1 fully saturated rings. The molecule has 2 heterocycles.